The molecule has 0 unspecified atom stereocenters. The number of carbonyl (C=O) groups is 1. The Morgan fingerprint density at radius 3 is 2.17 bits per heavy atom. The minimum atomic E-state index is -0.129. The predicted molar refractivity (Wildman–Crippen MR) is 104 cm³/mol. The van der Waals surface area contributed by atoms with Crippen LogP contribution >= 0.6 is 11.3 Å². The van der Waals surface area contributed by atoms with Crippen molar-refractivity contribution >= 4 is 41.2 Å². The number of benzene rings is 2. The molecule has 1 heterocycles. The minimum absolute atomic E-state index is 0.129. The molecule has 1 amide bonds. The highest BCUT2D eigenvalue weighted by atomic mass is 32.1. The molecule has 0 aliphatic rings. The molecule has 0 atom stereocenters. The van der Waals surface area contributed by atoms with Gasteiger partial charge in [0, 0.05) is 16.6 Å². The molecule has 3 heteroatoms. The molecule has 0 spiro atoms. The van der Waals surface area contributed by atoms with E-state index in [9.17, 15) is 4.79 Å². The first kappa shape index (κ1) is 16.0. The standard InChI is InChI=1S/C21H17NOS/c23-21(15-14-20-7-4-16-24-20)22-19-12-10-18(11-13-19)9-8-17-5-2-1-3-6-17/h1-16H,(H,22,23)/b9-8+,15-14+. The molecule has 2 nitrogen and oxygen atoms in total. The average Bonchev–Trinajstić information content (AvgIpc) is 3.14. The van der Waals surface area contributed by atoms with Crippen molar-refractivity contribution in [2.45, 2.75) is 0 Å². The molecule has 3 aromatic rings. The summed E-state index contributed by atoms with van der Waals surface area (Å²) in [6.07, 6.45) is 7.49. The molecule has 1 aromatic heterocycles. The number of rotatable bonds is 5. The van der Waals surface area contributed by atoms with Crippen LogP contribution in [-0.4, -0.2) is 5.91 Å². The molecular formula is C21H17NOS. The minimum Gasteiger partial charge on any atom is -0.323 e. The van der Waals surface area contributed by atoms with E-state index in [0.29, 0.717) is 0 Å². The van der Waals surface area contributed by atoms with E-state index in [4.69, 9.17) is 0 Å². The number of carbonyl (C=O) groups excluding carboxylic acids is 1. The lowest BCUT2D eigenvalue weighted by atomic mass is 10.1. The van der Waals surface area contributed by atoms with E-state index < -0.39 is 0 Å². The van der Waals surface area contributed by atoms with Crippen LogP contribution in [-0.2, 0) is 4.79 Å². The van der Waals surface area contributed by atoms with Crippen LogP contribution < -0.4 is 5.32 Å². The van der Waals surface area contributed by atoms with Crippen LogP contribution in [0.3, 0.4) is 0 Å². The summed E-state index contributed by atoms with van der Waals surface area (Å²) in [5, 5.41) is 4.85. The highest BCUT2D eigenvalue weighted by Crippen LogP contribution is 2.14. The summed E-state index contributed by atoms with van der Waals surface area (Å²) < 4.78 is 0. The van der Waals surface area contributed by atoms with Crippen LogP contribution in [0.5, 0.6) is 0 Å². The van der Waals surface area contributed by atoms with Gasteiger partial charge in [-0.15, -0.1) is 11.3 Å². The molecule has 2 aromatic carbocycles. The third-order valence-electron chi connectivity index (χ3n) is 3.39. The molecule has 0 aliphatic heterocycles. The zero-order chi connectivity index (χ0) is 16.6. The molecule has 0 bridgehead atoms. The van der Waals surface area contributed by atoms with Crippen LogP contribution in [0.25, 0.3) is 18.2 Å². The van der Waals surface area contributed by atoms with Crippen LogP contribution in [0.1, 0.15) is 16.0 Å². The van der Waals surface area contributed by atoms with Gasteiger partial charge in [-0.05, 0) is 40.8 Å². The van der Waals surface area contributed by atoms with E-state index in [-0.39, 0.29) is 5.91 Å². The second-order valence-corrected chi connectivity index (χ2v) is 6.18. The van der Waals surface area contributed by atoms with E-state index in [2.05, 4.69) is 29.6 Å². The zero-order valence-corrected chi connectivity index (χ0v) is 13.9. The number of thiophene rings is 1. The van der Waals surface area contributed by atoms with Gasteiger partial charge in [-0.1, -0.05) is 60.7 Å². The number of amides is 1. The van der Waals surface area contributed by atoms with E-state index >= 15 is 0 Å². The molecule has 0 fully saturated rings. The first-order valence-electron chi connectivity index (χ1n) is 7.65. The Bertz CT molecular complexity index is 831. The molecule has 1 N–H and O–H groups in total. The summed E-state index contributed by atoms with van der Waals surface area (Å²) in [7, 11) is 0. The van der Waals surface area contributed by atoms with Crippen molar-refractivity contribution in [2.24, 2.45) is 0 Å². The lowest BCUT2D eigenvalue weighted by Crippen LogP contribution is -2.07. The Morgan fingerprint density at radius 1 is 0.792 bits per heavy atom. The molecule has 24 heavy (non-hydrogen) atoms. The molecule has 0 saturated carbocycles. The molecule has 0 aliphatic carbocycles. The molecular weight excluding hydrogens is 314 g/mol. The van der Waals surface area contributed by atoms with Crippen molar-refractivity contribution in [1.82, 2.24) is 0 Å². The topological polar surface area (TPSA) is 29.1 Å². The fourth-order valence-electron chi connectivity index (χ4n) is 2.16. The predicted octanol–water partition coefficient (Wildman–Crippen LogP) is 5.57. The smallest absolute Gasteiger partial charge is 0.248 e. The van der Waals surface area contributed by atoms with Crippen molar-refractivity contribution in [3.8, 4) is 0 Å². The van der Waals surface area contributed by atoms with Crippen molar-refractivity contribution in [3.05, 3.63) is 94.2 Å². The van der Waals surface area contributed by atoms with Crippen molar-refractivity contribution < 1.29 is 4.79 Å². The van der Waals surface area contributed by atoms with Crippen molar-refractivity contribution in [1.29, 1.82) is 0 Å². The van der Waals surface area contributed by atoms with Gasteiger partial charge in [-0.3, -0.25) is 4.79 Å². The zero-order valence-electron chi connectivity index (χ0n) is 13.1. The highest BCUT2D eigenvalue weighted by Gasteiger charge is 1.98. The fourth-order valence-corrected chi connectivity index (χ4v) is 2.78. The average molecular weight is 331 g/mol. The van der Waals surface area contributed by atoms with Gasteiger partial charge in [0.1, 0.15) is 0 Å². The van der Waals surface area contributed by atoms with Gasteiger partial charge in [0.15, 0.2) is 0 Å². The van der Waals surface area contributed by atoms with Crippen LogP contribution in [0, 0.1) is 0 Å². The second kappa shape index (κ2) is 8.09. The first-order chi connectivity index (χ1) is 11.8. The number of hydrogen-bond acceptors (Lipinski definition) is 2. The summed E-state index contributed by atoms with van der Waals surface area (Å²) in [6.45, 7) is 0. The van der Waals surface area contributed by atoms with E-state index in [1.165, 1.54) is 0 Å². The largest absolute Gasteiger partial charge is 0.323 e. The Hall–Kier alpha value is -2.91. The van der Waals surface area contributed by atoms with Gasteiger partial charge in [-0.25, -0.2) is 0 Å². The summed E-state index contributed by atoms with van der Waals surface area (Å²) in [4.78, 5) is 13.0. The maximum Gasteiger partial charge on any atom is 0.248 e. The monoisotopic (exact) mass is 331 g/mol. The third kappa shape index (κ3) is 4.80. The van der Waals surface area contributed by atoms with Crippen LogP contribution in [0.15, 0.2) is 78.2 Å². The SMILES string of the molecule is O=C(/C=C/c1cccs1)Nc1ccc(/C=C/c2ccccc2)cc1. The summed E-state index contributed by atoms with van der Waals surface area (Å²) in [6, 6.07) is 21.9. The molecule has 0 radical (unpaired) electrons. The van der Waals surface area contributed by atoms with Gasteiger partial charge >= 0.3 is 0 Å². The van der Waals surface area contributed by atoms with Gasteiger partial charge < -0.3 is 5.32 Å². The highest BCUT2D eigenvalue weighted by molar-refractivity contribution is 7.10. The fraction of sp³-hybridized carbons (Fsp3) is 0. The molecule has 118 valence electrons. The Labute approximate surface area is 145 Å². The first-order valence-corrected chi connectivity index (χ1v) is 8.53. The number of hydrogen-bond donors (Lipinski definition) is 1. The lowest BCUT2D eigenvalue weighted by Gasteiger charge is -2.02. The van der Waals surface area contributed by atoms with Gasteiger partial charge in [0.2, 0.25) is 5.91 Å². The van der Waals surface area contributed by atoms with Crippen molar-refractivity contribution in [2.75, 3.05) is 5.32 Å². The van der Waals surface area contributed by atoms with E-state index in [1.54, 1.807) is 17.4 Å². The van der Waals surface area contributed by atoms with Crippen LogP contribution in [0.4, 0.5) is 5.69 Å². The van der Waals surface area contributed by atoms with Gasteiger partial charge in [0.05, 0.1) is 0 Å². The quantitative estimate of drug-likeness (QED) is 0.480. The maximum absolute atomic E-state index is 11.9. The third-order valence-corrected chi connectivity index (χ3v) is 4.23. The van der Waals surface area contributed by atoms with E-state index in [0.717, 1.165) is 21.7 Å². The summed E-state index contributed by atoms with van der Waals surface area (Å²) in [5.41, 5.74) is 3.03. The second-order valence-electron chi connectivity index (χ2n) is 5.20. The van der Waals surface area contributed by atoms with Crippen LogP contribution in [0.2, 0.25) is 0 Å². The maximum atomic E-state index is 11.9. The number of nitrogens with one attached hydrogen (secondary N) is 1. The van der Waals surface area contributed by atoms with E-state index in [1.807, 2.05) is 66.1 Å². The van der Waals surface area contributed by atoms with Gasteiger partial charge in [-0.2, -0.15) is 0 Å². The normalized spacial score (nSPS) is 11.2. The lowest BCUT2D eigenvalue weighted by molar-refractivity contribution is -0.111. The Kier molecular flexibility index (Phi) is 5.38. The Balaban J connectivity index is 1.58. The van der Waals surface area contributed by atoms with Crippen molar-refractivity contribution in [3.63, 3.8) is 0 Å². The van der Waals surface area contributed by atoms with Gasteiger partial charge in [0.25, 0.3) is 0 Å². The Morgan fingerprint density at radius 2 is 1.50 bits per heavy atom. The molecule has 0 saturated heterocycles. The molecule has 3 rings (SSSR count). The summed E-state index contributed by atoms with van der Waals surface area (Å²) >= 11 is 1.60. The summed E-state index contributed by atoms with van der Waals surface area (Å²) in [5.74, 6) is -0.129. The number of anilines is 1.